The lowest BCUT2D eigenvalue weighted by Gasteiger charge is -2.30. The Hall–Kier alpha value is -9.12. The fourth-order valence-electron chi connectivity index (χ4n) is 13.5. The van der Waals surface area contributed by atoms with E-state index in [0.29, 0.717) is 0 Å². The molecule has 0 amide bonds. The summed E-state index contributed by atoms with van der Waals surface area (Å²) in [5.74, 6) is 0. The molecule has 0 saturated heterocycles. The van der Waals surface area contributed by atoms with Gasteiger partial charge >= 0.3 is 0 Å². The van der Waals surface area contributed by atoms with Crippen molar-refractivity contribution in [3.05, 3.63) is 241 Å². The summed E-state index contributed by atoms with van der Waals surface area (Å²) in [6.07, 6.45) is 0. The number of hydrogen-bond donors (Lipinski definition) is 0. The SMILES string of the molecule is CC1(C)c2ccccc2-c2ccc(N(c3ccc4ccc5c(N(c6ccc7c(c6)C(C)(C)c6ccccc6-7)c6cccc7c6oc6ccccc67)ccc6ccc3c4c65)c3cccc4c3oc3ccccc34)cc21. The Morgan fingerprint density at radius 1 is 0.297 bits per heavy atom. The first kappa shape index (κ1) is 41.5. The topological polar surface area (TPSA) is 32.8 Å². The molecule has 2 aliphatic rings. The van der Waals surface area contributed by atoms with E-state index in [9.17, 15) is 0 Å². The van der Waals surface area contributed by atoms with Crippen molar-refractivity contribution in [1.29, 1.82) is 0 Å². The van der Waals surface area contributed by atoms with Crippen LogP contribution in [0.2, 0.25) is 0 Å². The molecule has 0 saturated carbocycles. The molecule has 14 aromatic rings. The van der Waals surface area contributed by atoms with Crippen molar-refractivity contribution in [2.45, 2.75) is 38.5 Å². The summed E-state index contributed by atoms with van der Waals surface area (Å²) < 4.78 is 13.8. The van der Waals surface area contributed by atoms with Gasteiger partial charge in [0.25, 0.3) is 0 Å². The first-order valence-electron chi connectivity index (χ1n) is 25.8. The summed E-state index contributed by atoms with van der Waals surface area (Å²) in [5.41, 5.74) is 20.0. The molecule has 12 aromatic carbocycles. The first-order chi connectivity index (χ1) is 36.2. The van der Waals surface area contributed by atoms with Gasteiger partial charge in [-0.05, 0) is 127 Å². The quantitative estimate of drug-likeness (QED) is 0.156. The van der Waals surface area contributed by atoms with E-state index in [-0.39, 0.29) is 10.8 Å². The molecule has 0 atom stereocenters. The molecule has 0 spiro atoms. The molecule has 0 N–H and O–H groups in total. The van der Waals surface area contributed by atoms with Crippen LogP contribution in [0.1, 0.15) is 49.9 Å². The van der Waals surface area contributed by atoms with Crippen LogP contribution in [0.3, 0.4) is 0 Å². The van der Waals surface area contributed by atoms with E-state index < -0.39 is 0 Å². The van der Waals surface area contributed by atoms with Gasteiger partial charge in [0.2, 0.25) is 0 Å². The lowest BCUT2D eigenvalue weighted by atomic mass is 9.82. The van der Waals surface area contributed by atoms with Crippen molar-refractivity contribution in [2.75, 3.05) is 9.80 Å². The van der Waals surface area contributed by atoms with E-state index in [1.54, 1.807) is 0 Å². The first-order valence-corrected chi connectivity index (χ1v) is 25.8. The third-order valence-electron chi connectivity index (χ3n) is 17.0. The third-order valence-corrected chi connectivity index (χ3v) is 17.0. The molecular weight excluding hydrogens is 901 g/mol. The number of furan rings is 2. The summed E-state index contributed by atoms with van der Waals surface area (Å²) in [7, 11) is 0. The van der Waals surface area contributed by atoms with Crippen molar-refractivity contribution < 1.29 is 8.83 Å². The average Bonchev–Trinajstić information content (AvgIpc) is 4.15. The molecule has 74 heavy (non-hydrogen) atoms. The van der Waals surface area contributed by atoms with E-state index in [4.69, 9.17) is 8.83 Å². The van der Waals surface area contributed by atoms with Crippen LogP contribution in [0.5, 0.6) is 0 Å². The van der Waals surface area contributed by atoms with Crippen LogP contribution >= 0.6 is 0 Å². The van der Waals surface area contributed by atoms with E-state index in [1.165, 1.54) is 66.1 Å². The minimum Gasteiger partial charge on any atom is -0.454 e. The number of rotatable bonds is 6. The molecule has 350 valence electrons. The molecule has 2 heterocycles. The van der Waals surface area contributed by atoms with E-state index >= 15 is 0 Å². The number of nitrogens with zero attached hydrogens (tertiary/aromatic N) is 2. The molecule has 16 rings (SSSR count). The van der Waals surface area contributed by atoms with Gasteiger partial charge in [-0.2, -0.15) is 0 Å². The number of benzene rings is 12. The molecule has 0 fully saturated rings. The van der Waals surface area contributed by atoms with Crippen LogP contribution in [0.4, 0.5) is 34.1 Å². The van der Waals surface area contributed by atoms with Crippen LogP contribution in [-0.4, -0.2) is 0 Å². The predicted octanol–water partition coefficient (Wildman–Crippen LogP) is 19.9. The smallest absolute Gasteiger partial charge is 0.159 e. The van der Waals surface area contributed by atoms with Crippen molar-refractivity contribution in [3.63, 3.8) is 0 Å². The standard InChI is InChI=1S/C70H48N2O2/c1-69(2)55-21-9-5-15-45(55)47-35-31-43(39-57(47)69)71(61-23-13-19-51-49-17-7-11-25-63(49)73-67(51)61)59-37-29-41-28-34-54-60(38-30-42-27-33-53(59)65(41)66(42)54)72(62-24-14-20-52-50-18-8-12-26-64(50)74-68(52)62)44-32-36-48-46-16-6-10-22-56(46)70(3,4)58(48)40-44/h5-40H,1-4H3. The van der Waals surface area contributed by atoms with Gasteiger partial charge in [0.1, 0.15) is 11.2 Å². The molecular formula is C70H48N2O2. The molecule has 4 heteroatoms. The molecule has 0 bridgehead atoms. The number of para-hydroxylation sites is 4. The fourth-order valence-corrected chi connectivity index (χ4v) is 13.5. The molecule has 2 aliphatic carbocycles. The van der Waals surface area contributed by atoms with Gasteiger partial charge in [0.15, 0.2) is 11.2 Å². The fraction of sp³-hybridized carbons (Fsp3) is 0.0857. The molecule has 2 aromatic heterocycles. The highest BCUT2D eigenvalue weighted by Gasteiger charge is 2.38. The average molecular weight is 949 g/mol. The van der Waals surface area contributed by atoms with E-state index in [1.807, 2.05) is 0 Å². The molecule has 4 nitrogen and oxygen atoms in total. The minimum absolute atomic E-state index is 0.185. The number of anilines is 6. The second-order valence-electron chi connectivity index (χ2n) is 21.6. The highest BCUT2D eigenvalue weighted by molar-refractivity contribution is 6.29. The van der Waals surface area contributed by atoms with Crippen LogP contribution in [0.15, 0.2) is 227 Å². The van der Waals surface area contributed by atoms with Crippen molar-refractivity contribution in [3.8, 4) is 22.3 Å². The normalized spacial score (nSPS) is 14.2. The Morgan fingerprint density at radius 2 is 0.689 bits per heavy atom. The minimum atomic E-state index is -0.185. The van der Waals surface area contributed by atoms with Crippen LogP contribution in [0, 0.1) is 0 Å². The van der Waals surface area contributed by atoms with Crippen LogP contribution in [-0.2, 0) is 10.8 Å². The summed E-state index contributed by atoms with van der Waals surface area (Å²) in [4.78, 5) is 4.91. The maximum Gasteiger partial charge on any atom is 0.159 e. The van der Waals surface area contributed by atoms with Crippen LogP contribution < -0.4 is 9.80 Å². The Bertz CT molecular complexity index is 4400. The van der Waals surface area contributed by atoms with E-state index in [0.717, 1.165) is 88.8 Å². The van der Waals surface area contributed by atoms with Gasteiger partial charge in [-0.1, -0.05) is 185 Å². The van der Waals surface area contributed by atoms with Gasteiger partial charge in [-0.15, -0.1) is 0 Å². The predicted molar refractivity (Wildman–Crippen MR) is 309 cm³/mol. The monoisotopic (exact) mass is 948 g/mol. The number of fused-ring (bicyclic) bond motifs is 12. The second-order valence-corrected chi connectivity index (χ2v) is 21.6. The lowest BCUT2D eigenvalue weighted by Crippen LogP contribution is -2.17. The summed E-state index contributed by atoms with van der Waals surface area (Å²) in [5, 5.41) is 11.6. The zero-order valence-corrected chi connectivity index (χ0v) is 41.5. The van der Waals surface area contributed by atoms with Crippen molar-refractivity contribution >= 4 is 110 Å². The Balaban J connectivity index is 0.956. The zero-order valence-electron chi connectivity index (χ0n) is 41.5. The van der Waals surface area contributed by atoms with Gasteiger partial charge < -0.3 is 18.6 Å². The largest absolute Gasteiger partial charge is 0.454 e. The van der Waals surface area contributed by atoms with Crippen LogP contribution in [0.25, 0.3) is 98.4 Å². The van der Waals surface area contributed by atoms with Gasteiger partial charge in [-0.25, -0.2) is 0 Å². The van der Waals surface area contributed by atoms with Gasteiger partial charge in [-0.3, -0.25) is 0 Å². The third kappa shape index (κ3) is 5.52. The van der Waals surface area contributed by atoms with Gasteiger partial charge in [0, 0.05) is 54.5 Å². The van der Waals surface area contributed by atoms with Gasteiger partial charge in [0.05, 0.1) is 22.7 Å². The Morgan fingerprint density at radius 3 is 1.16 bits per heavy atom. The molecule has 0 aliphatic heterocycles. The summed E-state index contributed by atoms with van der Waals surface area (Å²) in [6.45, 7) is 9.44. The maximum atomic E-state index is 6.90. The maximum absolute atomic E-state index is 6.90. The van der Waals surface area contributed by atoms with E-state index in [2.05, 4.69) is 256 Å². The zero-order chi connectivity index (χ0) is 49.2. The number of hydrogen-bond acceptors (Lipinski definition) is 4. The summed E-state index contributed by atoms with van der Waals surface area (Å²) >= 11 is 0. The highest BCUT2D eigenvalue weighted by atomic mass is 16.3. The molecule has 0 unspecified atom stereocenters. The van der Waals surface area contributed by atoms with Crippen molar-refractivity contribution in [1.82, 2.24) is 0 Å². The van der Waals surface area contributed by atoms with Crippen molar-refractivity contribution in [2.24, 2.45) is 0 Å². The highest BCUT2D eigenvalue weighted by Crippen LogP contribution is 2.55. The summed E-state index contributed by atoms with van der Waals surface area (Å²) in [6, 6.07) is 80.5. The Labute approximate surface area is 428 Å². The Kier molecular flexibility index (Phi) is 8.27. The lowest BCUT2D eigenvalue weighted by molar-refractivity contribution is 0.660. The molecule has 0 radical (unpaired) electrons. The second kappa shape index (κ2) is 14.7.